The maximum atomic E-state index is 13.9. The van der Waals surface area contributed by atoms with Gasteiger partial charge in [0.25, 0.3) is 0 Å². The van der Waals surface area contributed by atoms with Gasteiger partial charge in [-0.1, -0.05) is 41.1 Å². The van der Waals surface area contributed by atoms with Gasteiger partial charge in [0, 0.05) is 10.0 Å². The highest BCUT2D eigenvalue weighted by molar-refractivity contribution is 9.10. The minimum atomic E-state index is -0.234. The third kappa shape index (κ3) is 3.17. The monoisotopic (exact) mass is 332 g/mol. The average molecular weight is 333 g/mol. The van der Waals surface area contributed by atoms with E-state index in [9.17, 15) is 4.39 Å². The molecular weight excluding hydrogens is 319 g/mol. The molecule has 2 rings (SSSR count). The molecule has 2 aromatic rings. The molecule has 0 fully saturated rings. The second-order valence-corrected chi connectivity index (χ2v) is 5.34. The first-order valence-electron chi connectivity index (χ1n) is 6.36. The second-order valence-electron chi connectivity index (χ2n) is 4.43. The summed E-state index contributed by atoms with van der Waals surface area (Å²) in [5.74, 6) is -0.234. The number of nitriles is 1. The summed E-state index contributed by atoms with van der Waals surface area (Å²) in [4.78, 5) is 0. The normalized spacial score (nSPS) is 11.7. The Hall–Kier alpha value is -1.86. The number of nitrogens with zero attached hydrogens (tertiary/aromatic N) is 1. The third-order valence-corrected chi connectivity index (χ3v) is 3.61. The van der Waals surface area contributed by atoms with Gasteiger partial charge in [0.1, 0.15) is 11.9 Å². The van der Waals surface area contributed by atoms with E-state index in [-0.39, 0.29) is 11.9 Å². The van der Waals surface area contributed by atoms with Crippen LogP contribution in [0, 0.1) is 17.1 Å². The Balaban J connectivity index is 2.32. The van der Waals surface area contributed by atoms with Crippen molar-refractivity contribution in [2.45, 2.75) is 19.4 Å². The summed E-state index contributed by atoms with van der Waals surface area (Å²) in [5.41, 5.74) is 1.86. The predicted octanol–water partition coefficient (Wildman–Crippen LogP) is 5.02. The number of anilines is 1. The Labute approximate surface area is 126 Å². The number of halogens is 2. The van der Waals surface area contributed by atoms with Gasteiger partial charge < -0.3 is 5.32 Å². The quantitative estimate of drug-likeness (QED) is 0.852. The first kappa shape index (κ1) is 14.5. The van der Waals surface area contributed by atoms with E-state index in [1.165, 1.54) is 6.07 Å². The van der Waals surface area contributed by atoms with Crippen LogP contribution in [0.15, 0.2) is 46.9 Å². The zero-order chi connectivity index (χ0) is 14.5. The summed E-state index contributed by atoms with van der Waals surface area (Å²) < 4.78 is 14.7. The summed E-state index contributed by atoms with van der Waals surface area (Å²) in [5, 5.41) is 12.4. The Morgan fingerprint density at radius 3 is 2.70 bits per heavy atom. The summed E-state index contributed by atoms with van der Waals surface area (Å²) in [6, 6.07) is 14.1. The fourth-order valence-corrected chi connectivity index (χ4v) is 2.44. The van der Waals surface area contributed by atoms with Gasteiger partial charge in [-0.05, 0) is 30.7 Å². The standard InChI is InChI=1S/C16H14BrFN2/c1-2-15(13-5-3-4-6-14(13)18)20-16-8-7-12(17)9-11(16)10-19/h3-9,15,20H,2H2,1H3. The number of benzene rings is 2. The lowest BCUT2D eigenvalue weighted by Crippen LogP contribution is -2.12. The molecule has 0 saturated heterocycles. The fraction of sp³-hybridized carbons (Fsp3) is 0.188. The van der Waals surface area contributed by atoms with E-state index in [0.717, 1.165) is 10.9 Å². The third-order valence-electron chi connectivity index (χ3n) is 3.12. The van der Waals surface area contributed by atoms with Gasteiger partial charge in [0.05, 0.1) is 17.3 Å². The van der Waals surface area contributed by atoms with E-state index >= 15 is 0 Å². The zero-order valence-electron chi connectivity index (χ0n) is 11.0. The molecule has 0 aromatic heterocycles. The number of rotatable bonds is 4. The van der Waals surface area contributed by atoms with E-state index in [2.05, 4.69) is 27.3 Å². The first-order chi connectivity index (χ1) is 9.65. The Morgan fingerprint density at radius 1 is 1.30 bits per heavy atom. The fourth-order valence-electron chi connectivity index (χ4n) is 2.08. The number of hydrogen-bond donors (Lipinski definition) is 1. The van der Waals surface area contributed by atoms with Crippen LogP contribution in [0.1, 0.15) is 30.5 Å². The van der Waals surface area contributed by atoms with E-state index in [0.29, 0.717) is 16.8 Å². The van der Waals surface area contributed by atoms with Gasteiger partial charge in [0.2, 0.25) is 0 Å². The van der Waals surface area contributed by atoms with Gasteiger partial charge in [-0.15, -0.1) is 0 Å². The first-order valence-corrected chi connectivity index (χ1v) is 7.15. The lowest BCUT2D eigenvalue weighted by molar-refractivity contribution is 0.587. The van der Waals surface area contributed by atoms with Crippen LogP contribution >= 0.6 is 15.9 Å². The lowest BCUT2D eigenvalue weighted by Gasteiger charge is -2.20. The molecule has 2 nitrogen and oxygen atoms in total. The lowest BCUT2D eigenvalue weighted by atomic mass is 10.0. The second kappa shape index (κ2) is 6.53. The van der Waals surface area contributed by atoms with Gasteiger partial charge in [-0.3, -0.25) is 0 Å². The predicted molar refractivity (Wildman–Crippen MR) is 81.9 cm³/mol. The van der Waals surface area contributed by atoms with Gasteiger partial charge in [-0.25, -0.2) is 4.39 Å². The largest absolute Gasteiger partial charge is 0.377 e. The maximum Gasteiger partial charge on any atom is 0.128 e. The average Bonchev–Trinajstić information content (AvgIpc) is 2.47. The summed E-state index contributed by atoms with van der Waals surface area (Å²) in [6.07, 6.45) is 0.724. The number of nitrogens with one attached hydrogen (secondary N) is 1. The van der Waals surface area contributed by atoms with Gasteiger partial charge in [-0.2, -0.15) is 5.26 Å². The molecule has 0 aliphatic rings. The van der Waals surface area contributed by atoms with Gasteiger partial charge in [0.15, 0.2) is 0 Å². The molecule has 4 heteroatoms. The molecule has 1 N–H and O–H groups in total. The Kier molecular flexibility index (Phi) is 4.75. The van der Waals surface area contributed by atoms with Crippen LogP contribution in [-0.4, -0.2) is 0 Å². The molecule has 0 saturated carbocycles. The van der Waals surface area contributed by atoms with E-state index in [1.54, 1.807) is 18.2 Å². The highest BCUT2D eigenvalue weighted by atomic mass is 79.9. The van der Waals surface area contributed by atoms with Crippen molar-refractivity contribution in [3.63, 3.8) is 0 Å². The minimum absolute atomic E-state index is 0.163. The molecule has 102 valence electrons. The van der Waals surface area contributed by atoms with Crippen LogP contribution in [0.4, 0.5) is 10.1 Å². The molecule has 0 bridgehead atoms. The SMILES string of the molecule is CCC(Nc1ccc(Br)cc1C#N)c1ccccc1F. The van der Waals surface area contributed by atoms with Crippen LogP contribution in [0.5, 0.6) is 0 Å². The molecule has 2 aromatic carbocycles. The van der Waals surface area contributed by atoms with Crippen LogP contribution in [0.3, 0.4) is 0 Å². The van der Waals surface area contributed by atoms with Crippen molar-refractivity contribution in [3.8, 4) is 6.07 Å². The highest BCUT2D eigenvalue weighted by Gasteiger charge is 2.15. The molecule has 0 aliphatic carbocycles. The zero-order valence-corrected chi connectivity index (χ0v) is 12.6. The summed E-state index contributed by atoms with van der Waals surface area (Å²) in [7, 11) is 0. The van der Waals surface area contributed by atoms with Crippen LogP contribution < -0.4 is 5.32 Å². The highest BCUT2D eigenvalue weighted by Crippen LogP contribution is 2.28. The Bertz CT molecular complexity index is 649. The number of hydrogen-bond acceptors (Lipinski definition) is 2. The molecule has 20 heavy (non-hydrogen) atoms. The van der Waals surface area contributed by atoms with E-state index < -0.39 is 0 Å². The Morgan fingerprint density at radius 2 is 2.05 bits per heavy atom. The van der Waals surface area contributed by atoms with Crippen molar-refractivity contribution in [1.82, 2.24) is 0 Å². The molecule has 1 unspecified atom stereocenters. The van der Waals surface area contributed by atoms with Crippen LogP contribution in [0.25, 0.3) is 0 Å². The minimum Gasteiger partial charge on any atom is -0.377 e. The van der Waals surface area contributed by atoms with Gasteiger partial charge >= 0.3 is 0 Å². The van der Waals surface area contributed by atoms with Crippen molar-refractivity contribution in [2.75, 3.05) is 5.32 Å². The van der Waals surface area contributed by atoms with Crippen LogP contribution in [0.2, 0.25) is 0 Å². The molecule has 0 aliphatic heterocycles. The van der Waals surface area contributed by atoms with Crippen LogP contribution in [-0.2, 0) is 0 Å². The molecule has 1 atom stereocenters. The smallest absolute Gasteiger partial charge is 0.128 e. The maximum absolute atomic E-state index is 13.9. The molecule has 0 heterocycles. The molecule has 0 amide bonds. The van der Waals surface area contributed by atoms with Crippen molar-refractivity contribution in [1.29, 1.82) is 5.26 Å². The molecule has 0 spiro atoms. The molecule has 0 radical (unpaired) electrons. The van der Waals surface area contributed by atoms with Crippen molar-refractivity contribution in [3.05, 3.63) is 63.9 Å². The van der Waals surface area contributed by atoms with Crippen molar-refractivity contribution >= 4 is 21.6 Å². The molecular formula is C16H14BrFN2. The summed E-state index contributed by atoms with van der Waals surface area (Å²) in [6.45, 7) is 1.98. The van der Waals surface area contributed by atoms with Crippen molar-refractivity contribution < 1.29 is 4.39 Å². The van der Waals surface area contributed by atoms with Crippen molar-refractivity contribution in [2.24, 2.45) is 0 Å². The van der Waals surface area contributed by atoms with E-state index in [4.69, 9.17) is 5.26 Å². The summed E-state index contributed by atoms with van der Waals surface area (Å²) >= 11 is 3.34. The topological polar surface area (TPSA) is 35.8 Å². The van der Waals surface area contributed by atoms with E-state index in [1.807, 2.05) is 25.1 Å².